The van der Waals surface area contributed by atoms with Crippen molar-refractivity contribution in [2.24, 2.45) is 0 Å². The number of ether oxygens (including phenoxy) is 3. The van der Waals surface area contributed by atoms with Crippen LogP contribution in [0.15, 0.2) is 66.9 Å². The van der Waals surface area contributed by atoms with Crippen LogP contribution in [0.2, 0.25) is 10.0 Å². The molecule has 4 rings (SSSR count). The number of aromatic nitrogens is 1. The molecule has 2 heterocycles. The van der Waals surface area contributed by atoms with Gasteiger partial charge in [-0.25, -0.2) is 4.98 Å². The standard InChI is InChI=1S/C26H27Cl2N3O4/c27-20-8-9-24(23(28)15-20)35-26-22(7-4-10-29-26)25(32)30-21(16-31-11-13-33-14-12-31)18-34-17-19-5-2-1-3-6-19/h1-10,15,21H,11-14,16-18H2,(H,30,32)/t21-/m0/s1. The van der Waals surface area contributed by atoms with Crippen LogP contribution < -0.4 is 10.1 Å². The molecule has 1 saturated heterocycles. The van der Waals surface area contributed by atoms with Crippen molar-refractivity contribution in [3.63, 3.8) is 0 Å². The maximum absolute atomic E-state index is 13.3. The maximum atomic E-state index is 13.3. The molecule has 3 aromatic rings. The molecule has 1 aromatic heterocycles. The number of carbonyl (C=O) groups excluding carboxylic acids is 1. The fourth-order valence-electron chi connectivity index (χ4n) is 3.70. The quantitative estimate of drug-likeness (QED) is 0.416. The Labute approximate surface area is 214 Å². The van der Waals surface area contributed by atoms with Crippen molar-refractivity contribution in [2.45, 2.75) is 12.6 Å². The van der Waals surface area contributed by atoms with Crippen molar-refractivity contribution in [1.82, 2.24) is 15.2 Å². The molecule has 1 atom stereocenters. The van der Waals surface area contributed by atoms with Crippen LogP contribution in [-0.2, 0) is 16.1 Å². The van der Waals surface area contributed by atoms with E-state index in [4.69, 9.17) is 37.4 Å². The van der Waals surface area contributed by atoms with Gasteiger partial charge in [-0.1, -0.05) is 53.5 Å². The molecule has 184 valence electrons. The molecule has 35 heavy (non-hydrogen) atoms. The summed E-state index contributed by atoms with van der Waals surface area (Å²) in [5, 5.41) is 3.91. The van der Waals surface area contributed by atoms with Crippen LogP contribution in [0.25, 0.3) is 0 Å². The first-order chi connectivity index (χ1) is 17.1. The molecule has 7 nitrogen and oxygen atoms in total. The number of morpholine rings is 1. The third-order valence-electron chi connectivity index (χ3n) is 5.46. The van der Waals surface area contributed by atoms with Crippen LogP contribution in [0, 0.1) is 0 Å². The first-order valence-corrected chi connectivity index (χ1v) is 12.1. The van der Waals surface area contributed by atoms with Gasteiger partial charge in [0, 0.05) is 30.9 Å². The van der Waals surface area contributed by atoms with Crippen molar-refractivity contribution >= 4 is 29.1 Å². The maximum Gasteiger partial charge on any atom is 0.257 e. The smallest absolute Gasteiger partial charge is 0.257 e. The predicted octanol–water partition coefficient (Wildman–Crippen LogP) is 4.83. The zero-order valence-corrected chi connectivity index (χ0v) is 20.7. The first kappa shape index (κ1) is 25.4. The Morgan fingerprint density at radius 1 is 1.09 bits per heavy atom. The molecule has 0 unspecified atom stereocenters. The molecule has 2 aromatic carbocycles. The summed E-state index contributed by atoms with van der Waals surface area (Å²) in [6.45, 7) is 4.43. The monoisotopic (exact) mass is 515 g/mol. The number of rotatable bonds is 10. The normalized spacial score (nSPS) is 14.9. The summed E-state index contributed by atoms with van der Waals surface area (Å²) in [5.41, 5.74) is 1.38. The van der Waals surface area contributed by atoms with Gasteiger partial charge in [0.1, 0.15) is 11.3 Å². The number of hydrogen-bond donors (Lipinski definition) is 1. The van der Waals surface area contributed by atoms with E-state index in [0.29, 0.717) is 54.3 Å². The number of amides is 1. The number of halogens is 2. The van der Waals surface area contributed by atoms with Gasteiger partial charge >= 0.3 is 0 Å². The van der Waals surface area contributed by atoms with Crippen LogP contribution in [0.3, 0.4) is 0 Å². The zero-order valence-electron chi connectivity index (χ0n) is 19.2. The number of pyridine rings is 1. The van der Waals surface area contributed by atoms with E-state index in [0.717, 1.165) is 18.7 Å². The van der Waals surface area contributed by atoms with E-state index in [1.807, 2.05) is 30.3 Å². The van der Waals surface area contributed by atoms with E-state index in [1.165, 1.54) is 0 Å². The summed E-state index contributed by atoms with van der Waals surface area (Å²) in [7, 11) is 0. The Bertz CT molecular complexity index is 1110. The fraction of sp³-hybridized carbons (Fsp3) is 0.308. The highest BCUT2D eigenvalue weighted by Gasteiger charge is 2.22. The van der Waals surface area contributed by atoms with Crippen molar-refractivity contribution in [2.75, 3.05) is 39.5 Å². The van der Waals surface area contributed by atoms with E-state index in [2.05, 4.69) is 15.2 Å². The summed E-state index contributed by atoms with van der Waals surface area (Å²) in [6, 6.07) is 17.9. The van der Waals surface area contributed by atoms with Crippen molar-refractivity contribution < 1.29 is 19.0 Å². The molecule has 9 heteroatoms. The van der Waals surface area contributed by atoms with Crippen LogP contribution in [0.5, 0.6) is 11.6 Å². The van der Waals surface area contributed by atoms with E-state index in [9.17, 15) is 4.79 Å². The number of carbonyl (C=O) groups is 1. The second-order valence-electron chi connectivity index (χ2n) is 8.12. The lowest BCUT2D eigenvalue weighted by Crippen LogP contribution is -2.49. The minimum absolute atomic E-state index is 0.157. The summed E-state index contributed by atoms with van der Waals surface area (Å²) >= 11 is 12.2. The molecule has 1 aliphatic rings. The van der Waals surface area contributed by atoms with Crippen LogP contribution >= 0.6 is 23.2 Å². The molecule has 1 aliphatic heterocycles. The molecule has 0 spiro atoms. The van der Waals surface area contributed by atoms with Gasteiger partial charge in [0.2, 0.25) is 5.88 Å². The molecule has 1 fully saturated rings. The average Bonchev–Trinajstić information content (AvgIpc) is 2.87. The minimum Gasteiger partial charge on any atom is -0.437 e. The van der Waals surface area contributed by atoms with Gasteiger partial charge in [-0.15, -0.1) is 0 Å². The molecule has 0 aliphatic carbocycles. The van der Waals surface area contributed by atoms with E-state index >= 15 is 0 Å². The summed E-state index contributed by atoms with van der Waals surface area (Å²) in [6.07, 6.45) is 1.56. The lowest BCUT2D eigenvalue weighted by atomic mass is 10.2. The van der Waals surface area contributed by atoms with Gasteiger partial charge in [-0.3, -0.25) is 9.69 Å². The highest BCUT2D eigenvalue weighted by Crippen LogP contribution is 2.32. The molecule has 0 saturated carbocycles. The Morgan fingerprint density at radius 3 is 2.66 bits per heavy atom. The lowest BCUT2D eigenvalue weighted by molar-refractivity contribution is 0.0224. The third kappa shape index (κ3) is 7.65. The predicted molar refractivity (Wildman–Crippen MR) is 135 cm³/mol. The Morgan fingerprint density at radius 2 is 1.89 bits per heavy atom. The van der Waals surface area contributed by atoms with Crippen LogP contribution in [0.4, 0.5) is 0 Å². The topological polar surface area (TPSA) is 72.9 Å². The van der Waals surface area contributed by atoms with Crippen molar-refractivity contribution in [1.29, 1.82) is 0 Å². The molecule has 0 radical (unpaired) electrons. The van der Waals surface area contributed by atoms with Gasteiger partial charge in [0.15, 0.2) is 0 Å². The van der Waals surface area contributed by atoms with Gasteiger partial charge in [0.05, 0.1) is 37.5 Å². The van der Waals surface area contributed by atoms with Crippen LogP contribution in [-0.4, -0.2) is 61.3 Å². The molecular weight excluding hydrogens is 489 g/mol. The zero-order chi connectivity index (χ0) is 24.5. The van der Waals surface area contributed by atoms with Crippen molar-refractivity contribution in [3.05, 3.63) is 88.0 Å². The summed E-state index contributed by atoms with van der Waals surface area (Å²) in [4.78, 5) is 19.8. The molecule has 0 bridgehead atoms. The van der Waals surface area contributed by atoms with E-state index in [1.54, 1.807) is 36.5 Å². The van der Waals surface area contributed by atoms with Crippen LogP contribution in [0.1, 0.15) is 15.9 Å². The second kappa shape index (κ2) is 12.9. The summed E-state index contributed by atoms with van der Waals surface area (Å²) < 4.78 is 17.3. The molecular formula is C26H27Cl2N3O4. The molecule has 1 N–H and O–H groups in total. The fourth-order valence-corrected chi connectivity index (χ4v) is 4.15. The summed E-state index contributed by atoms with van der Waals surface area (Å²) in [5.74, 6) is 0.212. The Kier molecular flexibility index (Phi) is 9.34. The lowest BCUT2D eigenvalue weighted by Gasteiger charge is -2.30. The number of nitrogens with zero attached hydrogens (tertiary/aromatic N) is 2. The average molecular weight is 516 g/mol. The minimum atomic E-state index is -0.306. The largest absolute Gasteiger partial charge is 0.437 e. The second-order valence-corrected chi connectivity index (χ2v) is 8.96. The third-order valence-corrected chi connectivity index (χ3v) is 5.99. The van der Waals surface area contributed by atoms with Gasteiger partial charge in [0.25, 0.3) is 5.91 Å². The van der Waals surface area contributed by atoms with Gasteiger partial charge < -0.3 is 19.5 Å². The molecule has 1 amide bonds. The number of hydrogen-bond acceptors (Lipinski definition) is 6. The Balaban J connectivity index is 1.45. The SMILES string of the molecule is O=C(N[C@H](COCc1ccccc1)CN1CCOCC1)c1cccnc1Oc1ccc(Cl)cc1Cl. The Hall–Kier alpha value is -2.68. The van der Waals surface area contributed by atoms with Gasteiger partial charge in [-0.2, -0.15) is 0 Å². The van der Waals surface area contributed by atoms with E-state index < -0.39 is 0 Å². The van der Waals surface area contributed by atoms with Crippen molar-refractivity contribution in [3.8, 4) is 11.6 Å². The van der Waals surface area contributed by atoms with E-state index in [-0.39, 0.29) is 17.8 Å². The first-order valence-electron chi connectivity index (χ1n) is 11.4. The highest BCUT2D eigenvalue weighted by molar-refractivity contribution is 6.35. The van der Waals surface area contributed by atoms with Gasteiger partial charge in [-0.05, 0) is 35.9 Å². The number of benzene rings is 2. The highest BCUT2D eigenvalue weighted by atomic mass is 35.5. The number of nitrogens with one attached hydrogen (secondary N) is 1.